The lowest BCUT2D eigenvalue weighted by atomic mass is 10.2. The molecule has 0 amide bonds. The molecule has 1 heterocycles. The number of aryl methyl sites for hydroxylation is 1. The maximum absolute atomic E-state index is 13.2. The van der Waals surface area contributed by atoms with Crippen LogP contribution in [0, 0.1) is 5.82 Å². The van der Waals surface area contributed by atoms with Crippen LogP contribution in [0.4, 0.5) is 4.39 Å². The Balaban J connectivity index is 0.00000242. The number of benzene rings is 1. The average molecular weight is 418 g/mol. The van der Waals surface area contributed by atoms with Crippen molar-refractivity contribution in [3.63, 3.8) is 0 Å². The first-order valence-electron chi connectivity index (χ1n) is 6.61. The molecule has 3 N–H and O–H groups in total. The van der Waals surface area contributed by atoms with E-state index in [4.69, 9.17) is 5.11 Å². The van der Waals surface area contributed by atoms with E-state index in [1.54, 1.807) is 13.1 Å². The number of aromatic hydroxyl groups is 1. The Labute approximate surface area is 146 Å². The highest BCUT2D eigenvalue weighted by Crippen LogP contribution is 2.15. The summed E-state index contributed by atoms with van der Waals surface area (Å²) in [6.07, 6.45) is 4.00. The minimum absolute atomic E-state index is 0. The van der Waals surface area contributed by atoms with Gasteiger partial charge < -0.3 is 20.3 Å². The van der Waals surface area contributed by atoms with E-state index in [1.165, 1.54) is 12.1 Å². The molecule has 0 aliphatic carbocycles. The molecule has 0 bridgehead atoms. The van der Waals surface area contributed by atoms with E-state index in [2.05, 4.69) is 15.6 Å². The van der Waals surface area contributed by atoms with Crippen LogP contribution in [0.15, 0.2) is 41.7 Å². The van der Waals surface area contributed by atoms with Gasteiger partial charge in [0.15, 0.2) is 17.5 Å². The van der Waals surface area contributed by atoms with Crippen molar-refractivity contribution in [2.45, 2.75) is 13.1 Å². The van der Waals surface area contributed by atoms with E-state index >= 15 is 0 Å². The normalized spacial score (nSPS) is 11.0. The van der Waals surface area contributed by atoms with E-state index in [0.29, 0.717) is 19.0 Å². The van der Waals surface area contributed by atoms with Crippen molar-refractivity contribution in [2.24, 2.45) is 12.0 Å². The zero-order chi connectivity index (χ0) is 15.2. The Morgan fingerprint density at radius 1 is 1.23 bits per heavy atom. The summed E-state index contributed by atoms with van der Waals surface area (Å²) in [6.45, 7) is 1.08. The van der Waals surface area contributed by atoms with Crippen molar-refractivity contribution in [3.05, 3.63) is 53.6 Å². The number of nitrogens with one attached hydrogen (secondary N) is 2. The van der Waals surface area contributed by atoms with Crippen LogP contribution in [-0.2, 0) is 20.1 Å². The summed E-state index contributed by atoms with van der Waals surface area (Å²) in [5.74, 6) is -0.334. The number of rotatable bonds is 4. The number of hydrogen-bond donors (Lipinski definition) is 3. The Hall–Kier alpha value is -1.77. The summed E-state index contributed by atoms with van der Waals surface area (Å²) in [5.41, 5.74) is 1.88. The van der Waals surface area contributed by atoms with Gasteiger partial charge in [0.25, 0.3) is 0 Å². The quantitative estimate of drug-likeness (QED) is 0.406. The standard InChI is InChI=1S/C15H19FN4O.HI/c1-17-15(19-9-12-5-6-20(2)10-12)18-8-11-3-4-14(21)13(16)7-11;/h3-7,10,21H,8-9H2,1-2H3,(H2,17,18,19);1H. The molecule has 0 saturated heterocycles. The van der Waals surface area contributed by atoms with Crippen molar-refractivity contribution < 1.29 is 9.50 Å². The SMILES string of the molecule is CN=C(NCc1ccc(O)c(F)c1)NCc1ccn(C)c1.I. The zero-order valence-corrected chi connectivity index (χ0v) is 14.8. The highest BCUT2D eigenvalue weighted by molar-refractivity contribution is 14.0. The monoisotopic (exact) mass is 418 g/mol. The van der Waals surface area contributed by atoms with E-state index in [-0.39, 0.29) is 29.7 Å². The number of aromatic nitrogens is 1. The predicted octanol–water partition coefficient (Wildman–Crippen LogP) is 2.35. The minimum Gasteiger partial charge on any atom is -0.505 e. The molecule has 1 aromatic carbocycles. The van der Waals surface area contributed by atoms with Crippen LogP contribution in [0.2, 0.25) is 0 Å². The van der Waals surface area contributed by atoms with Crippen molar-refractivity contribution in [1.82, 2.24) is 15.2 Å². The predicted molar refractivity (Wildman–Crippen MR) is 95.9 cm³/mol. The summed E-state index contributed by atoms with van der Waals surface area (Å²) in [6, 6.07) is 6.32. The minimum atomic E-state index is -0.624. The second-order valence-electron chi connectivity index (χ2n) is 4.75. The fourth-order valence-corrected chi connectivity index (χ4v) is 1.92. The van der Waals surface area contributed by atoms with Crippen LogP contribution >= 0.6 is 24.0 Å². The lowest BCUT2D eigenvalue weighted by Crippen LogP contribution is -2.36. The third kappa shape index (κ3) is 5.21. The Morgan fingerprint density at radius 3 is 2.45 bits per heavy atom. The molecule has 0 radical (unpaired) electrons. The van der Waals surface area contributed by atoms with Gasteiger partial charge in [-0.15, -0.1) is 24.0 Å². The highest BCUT2D eigenvalue weighted by Gasteiger charge is 2.03. The van der Waals surface area contributed by atoms with Crippen LogP contribution in [0.1, 0.15) is 11.1 Å². The van der Waals surface area contributed by atoms with Crippen molar-refractivity contribution >= 4 is 29.9 Å². The molecule has 0 atom stereocenters. The number of aliphatic imine (C=N–C) groups is 1. The van der Waals surface area contributed by atoms with Crippen LogP contribution in [0.5, 0.6) is 5.75 Å². The Morgan fingerprint density at radius 2 is 1.91 bits per heavy atom. The maximum Gasteiger partial charge on any atom is 0.191 e. The first-order chi connectivity index (χ1) is 10.1. The number of phenolic OH excluding ortho intramolecular Hbond substituents is 1. The van der Waals surface area contributed by atoms with E-state index in [1.807, 2.05) is 30.1 Å². The van der Waals surface area contributed by atoms with Crippen LogP contribution in [-0.4, -0.2) is 22.7 Å². The molecule has 1 aromatic heterocycles. The van der Waals surface area contributed by atoms with Crippen molar-refractivity contribution in [1.29, 1.82) is 0 Å². The van der Waals surface area contributed by atoms with Gasteiger partial charge in [0.05, 0.1) is 0 Å². The van der Waals surface area contributed by atoms with Crippen LogP contribution in [0.3, 0.4) is 0 Å². The zero-order valence-electron chi connectivity index (χ0n) is 12.5. The lowest BCUT2D eigenvalue weighted by Gasteiger charge is -2.11. The Kier molecular flexibility index (Phi) is 7.16. The van der Waals surface area contributed by atoms with Gasteiger partial charge in [0, 0.05) is 39.6 Å². The molecular formula is C15H20FIN4O. The van der Waals surface area contributed by atoms with Crippen molar-refractivity contribution in [2.75, 3.05) is 7.05 Å². The van der Waals surface area contributed by atoms with Gasteiger partial charge in [-0.1, -0.05) is 6.07 Å². The highest BCUT2D eigenvalue weighted by atomic mass is 127. The smallest absolute Gasteiger partial charge is 0.191 e. The second-order valence-corrected chi connectivity index (χ2v) is 4.75. The van der Waals surface area contributed by atoms with Crippen molar-refractivity contribution in [3.8, 4) is 5.75 Å². The molecule has 5 nitrogen and oxygen atoms in total. The first kappa shape index (κ1) is 18.3. The van der Waals surface area contributed by atoms with E-state index in [9.17, 15) is 4.39 Å². The van der Waals surface area contributed by atoms with Gasteiger partial charge >= 0.3 is 0 Å². The molecule has 2 aromatic rings. The molecule has 0 spiro atoms. The summed E-state index contributed by atoms with van der Waals surface area (Å²) < 4.78 is 15.2. The molecule has 7 heteroatoms. The maximum atomic E-state index is 13.2. The molecule has 2 rings (SSSR count). The molecule has 0 unspecified atom stereocenters. The lowest BCUT2D eigenvalue weighted by molar-refractivity contribution is 0.431. The fourth-order valence-electron chi connectivity index (χ4n) is 1.92. The summed E-state index contributed by atoms with van der Waals surface area (Å²) >= 11 is 0. The summed E-state index contributed by atoms with van der Waals surface area (Å²) in [4.78, 5) is 4.11. The van der Waals surface area contributed by atoms with Gasteiger partial charge in [-0.3, -0.25) is 4.99 Å². The van der Waals surface area contributed by atoms with E-state index < -0.39 is 5.82 Å². The Bertz CT molecular complexity index is 642. The van der Waals surface area contributed by atoms with Crippen LogP contribution < -0.4 is 10.6 Å². The largest absolute Gasteiger partial charge is 0.505 e. The number of phenols is 1. The number of halogens is 2. The molecule has 0 aliphatic heterocycles. The summed E-state index contributed by atoms with van der Waals surface area (Å²) in [5, 5.41) is 15.4. The molecule has 0 fully saturated rings. The second kappa shape index (κ2) is 8.62. The number of hydrogen-bond acceptors (Lipinski definition) is 2. The van der Waals surface area contributed by atoms with E-state index in [0.717, 1.165) is 11.1 Å². The number of nitrogens with zero attached hydrogens (tertiary/aromatic N) is 2. The van der Waals surface area contributed by atoms with Crippen LogP contribution in [0.25, 0.3) is 0 Å². The first-order valence-corrected chi connectivity index (χ1v) is 6.61. The fraction of sp³-hybridized carbons (Fsp3) is 0.267. The molecule has 0 saturated carbocycles. The van der Waals surface area contributed by atoms with Gasteiger partial charge in [-0.2, -0.15) is 0 Å². The molecule has 120 valence electrons. The third-order valence-electron chi connectivity index (χ3n) is 3.05. The van der Waals surface area contributed by atoms with Gasteiger partial charge in [0.1, 0.15) is 0 Å². The topological polar surface area (TPSA) is 61.6 Å². The molecule has 22 heavy (non-hydrogen) atoms. The van der Waals surface area contributed by atoms with Gasteiger partial charge in [-0.05, 0) is 29.3 Å². The third-order valence-corrected chi connectivity index (χ3v) is 3.05. The van der Waals surface area contributed by atoms with Gasteiger partial charge in [-0.25, -0.2) is 4.39 Å². The molecule has 0 aliphatic rings. The number of guanidine groups is 1. The van der Waals surface area contributed by atoms with Gasteiger partial charge in [0.2, 0.25) is 0 Å². The summed E-state index contributed by atoms with van der Waals surface area (Å²) in [7, 11) is 3.65. The molecular weight excluding hydrogens is 398 g/mol. The average Bonchev–Trinajstić information content (AvgIpc) is 2.88.